The molecular formula is C19H26N2S. The van der Waals surface area contributed by atoms with Gasteiger partial charge in [-0.1, -0.05) is 26.0 Å². The SMILES string of the molecule is CCCN1C[C@H](C)CC2c3cccc4[nH]c(CS)c(c34)C[C@H]21. The zero-order chi connectivity index (χ0) is 15.3. The molecule has 0 bridgehead atoms. The lowest BCUT2D eigenvalue weighted by atomic mass is 9.72. The van der Waals surface area contributed by atoms with Gasteiger partial charge in [-0.3, -0.25) is 4.90 Å². The molecule has 1 aromatic heterocycles. The highest BCUT2D eigenvalue weighted by atomic mass is 32.1. The Kier molecular flexibility index (Phi) is 3.74. The summed E-state index contributed by atoms with van der Waals surface area (Å²) >= 11 is 4.55. The lowest BCUT2D eigenvalue weighted by molar-refractivity contribution is 0.0909. The molecule has 2 nitrogen and oxygen atoms in total. The van der Waals surface area contributed by atoms with E-state index >= 15 is 0 Å². The average Bonchev–Trinajstić information content (AvgIpc) is 2.88. The number of hydrogen-bond donors (Lipinski definition) is 2. The molecule has 1 unspecified atom stereocenters. The Morgan fingerprint density at radius 1 is 1.36 bits per heavy atom. The van der Waals surface area contributed by atoms with Crippen LogP contribution in [-0.2, 0) is 12.2 Å². The van der Waals surface area contributed by atoms with Gasteiger partial charge in [0, 0.05) is 40.9 Å². The predicted molar refractivity (Wildman–Crippen MR) is 96.9 cm³/mol. The Labute approximate surface area is 138 Å². The van der Waals surface area contributed by atoms with Crippen molar-refractivity contribution < 1.29 is 0 Å². The number of fused-ring (bicyclic) bond motifs is 2. The van der Waals surface area contributed by atoms with Crippen molar-refractivity contribution in [3.8, 4) is 0 Å². The monoisotopic (exact) mass is 314 g/mol. The molecule has 1 aromatic carbocycles. The van der Waals surface area contributed by atoms with Crippen LogP contribution >= 0.6 is 12.6 Å². The van der Waals surface area contributed by atoms with Gasteiger partial charge in [0.05, 0.1) is 0 Å². The van der Waals surface area contributed by atoms with Crippen LogP contribution in [0.4, 0.5) is 0 Å². The second-order valence-electron chi connectivity index (χ2n) is 7.22. The van der Waals surface area contributed by atoms with Gasteiger partial charge in [0.1, 0.15) is 0 Å². The number of rotatable bonds is 3. The van der Waals surface area contributed by atoms with Gasteiger partial charge in [0.2, 0.25) is 0 Å². The number of aromatic nitrogens is 1. The molecule has 1 aliphatic carbocycles. The first-order valence-corrected chi connectivity index (χ1v) is 9.33. The van der Waals surface area contributed by atoms with Crippen LogP contribution in [0.15, 0.2) is 18.2 Å². The van der Waals surface area contributed by atoms with E-state index in [1.54, 1.807) is 5.56 Å². The third-order valence-corrected chi connectivity index (χ3v) is 5.98. The van der Waals surface area contributed by atoms with Gasteiger partial charge in [-0.2, -0.15) is 12.6 Å². The smallest absolute Gasteiger partial charge is 0.0462 e. The predicted octanol–water partition coefficient (Wildman–Crippen LogP) is 4.36. The molecule has 4 rings (SSSR count). The van der Waals surface area contributed by atoms with Crippen LogP contribution in [0.3, 0.4) is 0 Å². The fourth-order valence-electron chi connectivity index (χ4n) is 4.88. The largest absolute Gasteiger partial charge is 0.357 e. The van der Waals surface area contributed by atoms with Crippen molar-refractivity contribution in [2.24, 2.45) is 5.92 Å². The van der Waals surface area contributed by atoms with E-state index in [4.69, 9.17) is 0 Å². The summed E-state index contributed by atoms with van der Waals surface area (Å²) in [5.41, 5.74) is 5.77. The van der Waals surface area contributed by atoms with E-state index in [-0.39, 0.29) is 0 Å². The van der Waals surface area contributed by atoms with Crippen molar-refractivity contribution >= 4 is 23.5 Å². The minimum Gasteiger partial charge on any atom is -0.357 e. The fraction of sp³-hybridized carbons (Fsp3) is 0.579. The topological polar surface area (TPSA) is 19.0 Å². The fourth-order valence-corrected chi connectivity index (χ4v) is 5.15. The number of nitrogens with one attached hydrogen (secondary N) is 1. The van der Waals surface area contributed by atoms with Crippen LogP contribution < -0.4 is 0 Å². The van der Waals surface area contributed by atoms with E-state index in [2.05, 4.69) is 54.6 Å². The zero-order valence-electron chi connectivity index (χ0n) is 13.6. The maximum atomic E-state index is 4.55. The first-order valence-electron chi connectivity index (χ1n) is 8.70. The summed E-state index contributed by atoms with van der Waals surface area (Å²) in [4.78, 5) is 6.38. The van der Waals surface area contributed by atoms with Gasteiger partial charge in [-0.25, -0.2) is 0 Å². The summed E-state index contributed by atoms with van der Waals surface area (Å²) in [5, 5.41) is 1.51. The molecule has 0 spiro atoms. The molecule has 118 valence electrons. The van der Waals surface area contributed by atoms with Crippen molar-refractivity contribution in [3.63, 3.8) is 0 Å². The molecule has 1 saturated heterocycles. The van der Waals surface area contributed by atoms with E-state index in [0.717, 1.165) is 11.7 Å². The van der Waals surface area contributed by atoms with Crippen molar-refractivity contribution in [2.75, 3.05) is 13.1 Å². The summed E-state index contributed by atoms with van der Waals surface area (Å²) in [7, 11) is 0. The molecule has 3 atom stereocenters. The molecule has 2 heterocycles. The number of H-pyrrole nitrogens is 1. The van der Waals surface area contributed by atoms with E-state index in [1.807, 2.05) is 0 Å². The number of thiol groups is 1. The molecule has 0 radical (unpaired) electrons. The van der Waals surface area contributed by atoms with E-state index in [1.165, 1.54) is 54.5 Å². The number of hydrogen-bond acceptors (Lipinski definition) is 2. The molecule has 2 aliphatic rings. The Balaban J connectivity index is 1.86. The number of benzene rings is 1. The summed E-state index contributed by atoms with van der Waals surface area (Å²) in [6.07, 6.45) is 3.79. The van der Waals surface area contributed by atoms with Crippen LogP contribution in [-0.4, -0.2) is 29.0 Å². The molecule has 2 aromatic rings. The quantitative estimate of drug-likeness (QED) is 0.806. The Bertz CT molecular complexity index is 690. The number of nitrogens with zero attached hydrogens (tertiary/aromatic N) is 1. The van der Waals surface area contributed by atoms with E-state index in [0.29, 0.717) is 12.0 Å². The minimum atomic E-state index is 0.684. The van der Waals surface area contributed by atoms with Gasteiger partial charge < -0.3 is 4.98 Å². The van der Waals surface area contributed by atoms with Gasteiger partial charge in [0.25, 0.3) is 0 Å². The van der Waals surface area contributed by atoms with Crippen molar-refractivity contribution in [1.82, 2.24) is 9.88 Å². The van der Waals surface area contributed by atoms with Crippen molar-refractivity contribution in [2.45, 2.75) is 50.8 Å². The third-order valence-electron chi connectivity index (χ3n) is 5.67. The van der Waals surface area contributed by atoms with Crippen molar-refractivity contribution in [3.05, 3.63) is 35.0 Å². The standard InChI is InChI=1S/C19H26N2S/c1-3-7-21-10-12(2)8-14-13-5-4-6-16-19(13)15(9-18(14)21)17(11-22)20-16/h4-6,12,14,18,20,22H,3,7-11H2,1-2H3/t12-,14?,18-/m1/s1. The second kappa shape index (κ2) is 5.61. The highest BCUT2D eigenvalue weighted by molar-refractivity contribution is 7.79. The second-order valence-corrected chi connectivity index (χ2v) is 7.54. The van der Waals surface area contributed by atoms with Gasteiger partial charge in [-0.05, 0) is 48.9 Å². The van der Waals surface area contributed by atoms with Crippen LogP contribution in [0.2, 0.25) is 0 Å². The Morgan fingerprint density at radius 2 is 2.23 bits per heavy atom. The maximum Gasteiger partial charge on any atom is 0.0462 e. The van der Waals surface area contributed by atoms with Gasteiger partial charge in [0.15, 0.2) is 0 Å². The van der Waals surface area contributed by atoms with Crippen LogP contribution in [0.25, 0.3) is 10.9 Å². The summed E-state index contributed by atoms with van der Waals surface area (Å²) < 4.78 is 0. The Morgan fingerprint density at radius 3 is 3.00 bits per heavy atom. The third kappa shape index (κ3) is 2.13. The molecule has 22 heavy (non-hydrogen) atoms. The summed E-state index contributed by atoms with van der Waals surface area (Å²) in [6.45, 7) is 7.22. The highest BCUT2D eigenvalue weighted by Crippen LogP contribution is 2.45. The first kappa shape index (κ1) is 14.6. The molecule has 0 saturated carbocycles. The summed E-state index contributed by atoms with van der Waals surface area (Å²) in [6, 6.07) is 7.52. The molecule has 1 aliphatic heterocycles. The maximum absolute atomic E-state index is 4.55. The van der Waals surface area contributed by atoms with E-state index in [9.17, 15) is 0 Å². The zero-order valence-corrected chi connectivity index (χ0v) is 14.5. The normalized spacial score (nSPS) is 28.0. The van der Waals surface area contributed by atoms with Crippen molar-refractivity contribution in [1.29, 1.82) is 0 Å². The number of aromatic amines is 1. The Hall–Kier alpha value is -0.930. The molecule has 0 amide bonds. The highest BCUT2D eigenvalue weighted by Gasteiger charge is 2.39. The molecular weight excluding hydrogens is 288 g/mol. The van der Waals surface area contributed by atoms with Crippen LogP contribution in [0.1, 0.15) is 49.4 Å². The average molecular weight is 314 g/mol. The first-order chi connectivity index (χ1) is 10.7. The lowest BCUT2D eigenvalue weighted by Gasteiger charge is -2.46. The lowest BCUT2D eigenvalue weighted by Crippen LogP contribution is -2.49. The number of likely N-dealkylation sites (tertiary alicyclic amines) is 1. The van der Waals surface area contributed by atoms with Gasteiger partial charge in [-0.15, -0.1) is 0 Å². The van der Waals surface area contributed by atoms with Crippen LogP contribution in [0, 0.1) is 5.92 Å². The van der Waals surface area contributed by atoms with E-state index < -0.39 is 0 Å². The molecule has 1 N–H and O–H groups in total. The van der Waals surface area contributed by atoms with Gasteiger partial charge >= 0.3 is 0 Å². The summed E-state index contributed by atoms with van der Waals surface area (Å²) in [5.74, 6) is 2.31. The minimum absolute atomic E-state index is 0.684. The van der Waals surface area contributed by atoms with Crippen LogP contribution in [0.5, 0.6) is 0 Å². The molecule has 3 heteroatoms. The molecule has 1 fully saturated rings. The number of piperidine rings is 1.